The van der Waals surface area contributed by atoms with Crippen LogP contribution in [0.2, 0.25) is 0 Å². The average molecular weight is 250 g/mol. The van der Waals surface area contributed by atoms with Crippen LogP contribution in [0.25, 0.3) is 5.57 Å². The van der Waals surface area contributed by atoms with Crippen LogP contribution in [0.3, 0.4) is 0 Å². The van der Waals surface area contributed by atoms with E-state index >= 15 is 0 Å². The number of hydrogen-bond donors (Lipinski definition) is 2. The minimum Gasteiger partial charge on any atom is -0.404 e. The molecule has 0 aliphatic carbocycles. The van der Waals surface area contributed by atoms with Gasteiger partial charge in [0.15, 0.2) is 0 Å². The first kappa shape index (κ1) is 13.0. The smallest absolute Gasteiger partial charge is 0.0335 e. The molecule has 4 N–H and O–H groups in total. The van der Waals surface area contributed by atoms with Gasteiger partial charge in [0.25, 0.3) is 0 Å². The Morgan fingerprint density at radius 1 is 0.947 bits per heavy atom. The maximum absolute atomic E-state index is 5.70. The highest BCUT2D eigenvalue weighted by Crippen LogP contribution is 2.19. The van der Waals surface area contributed by atoms with Crippen LogP contribution in [-0.2, 0) is 6.42 Å². The normalized spacial score (nSPS) is 11.3. The molecule has 0 saturated carbocycles. The Hall–Kier alpha value is -2.48. The molecule has 19 heavy (non-hydrogen) atoms. The fourth-order valence-corrected chi connectivity index (χ4v) is 2.02. The minimum absolute atomic E-state index is 0.485. The first-order chi connectivity index (χ1) is 9.20. The second-order valence-electron chi connectivity index (χ2n) is 4.46. The zero-order valence-corrected chi connectivity index (χ0v) is 10.8. The second kappa shape index (κ2) is 5.91. The van der Waals surface area contributed by atoms with E-state index < -0.39 is 0 Å². The summed E-state index contributed by atoms with van der Waals surface area (Å²) in [6.07, 6.45) is 2.42. The Balaban J connectivity index is 2.17. The van der Waals surface area contributed by atoms with Crippen LogP contribution in [0.15, 0.2) is 73.1 Å². The molecular weight excluding hydrogens is 232 g/mol. The maximum Gasteiger partial charge on any atom is 0.0335 e. The van der Waals surface area contributed by atoms with Crippen molar-refractivity contribution in [1.29, 1.82) is 0 Å². The van der Waals surface area contributed by atoms with Crippen LogP contribution in [0.1, 0.15) is 16.7 Å². The van der Waals surface area contributed by atoms with Crippen molar-refractivity contribution >= 4 is 5.57 Å². The summed E-state index contributed by atoms with van der Waals surface area (Å²) >= 11 is 0. The number of allylic oxidation sites excluding steroid dienone is 1. The molecule has 0 heterocycles. The molecule has 0 amide bonds. The standard InChI is InChI=1S/C17H18N2/c1-13(19)17(12-18)16-9-7-15(8-10-16)11-14-5-3-2-4-6-14/h2-10,12H,1,11,18-19H2/b17-12-. The lowest BCUT2D eigenvalue weighted by Gasteiger charge is -2.08. The van der Waals surface area contributed by atoms with Gasteiger partial charge in [-0.2, -0.15) is 0 Å². The Bertz CT molecular complexity index is 580. The summed E-state index contributed by atoms with van der Waals surface area (Å²) in [6, 6.07) is 18.6. The van der Waals surface area contributed by atoms with Crippen molar-refractivity contribution in [3.8, 4) is 0 Å². The Kier molecular flexibility index (Phi) is 4.04. The molecule has 0 atom stereocenters. The second-order valence-corrected chi connectivity index (χ2v) is 4.46. The molecule has 0 aliphatic heterocycles. The van der Waals surface area contributed by atoms with Crippen LogP contribution >= 0.6 is 0 Å². The molecule has 0 unspecified atom stereocenters. The molecule has 0 saturated heterocycles. The molecule has 96 valence electrons. The van der Waals surface area contributed by atoms with Crippen molar-refractivity contribution in [2.24, 2.45) is 11.5 Å². The first-order valence-corrected chi connectivity index (χ1v) is 6.20. The van der Waals surface area contributed by atoms with E-state index in [9.17, 15) is 0 Å². The predicted molar refractivity (Wildman–Crippen MR) is 81.2 cm³/mol. The summed E-state index contributed by atoms with van der Waals surface area (Å²) in [7, 11) is 0. The van der Waals surface area contributed by atoms with E-state index in [0.29, 0.717) is 5.70 Å². The maximum atomic E-state index is 5.70. The summed E-state index contributed by atoms with van der Waals surface area (Å²) in [6.45, 7) is 3.72. The molecule has 0 bridgehead atoms. The lowest BCUT2D eigenvalue weighted by atomic mass is 10.00. The number of hydrogen-bond acceptors (Lipinski definition) is 2. The van der Waals surface area contributed by atoms with Gasteiger partial charge in [-0.25, -0.2) is 0 Å². The average Bonchev–Trinajstić information content (AvgIpc) is 2.42. The van der Waals surface area contributed by atoms with Gasteiger partial charge >= 0.3 is 0 Å². The Morgan fingerprint density at radius 2 is 1.53 bits per heavy atom. The van der Waals surface area contributed by atoms with Gasteiger partial charge in [0, 0.05) is 17.5 Å². The van der Waals surface area contributed by atoms with Crippen LogP contribution < -0.4 is 11.5 Å². The van der Waals surface area contributed by atoms with E-state index in [-0.39, 0.29) is 0 Å². The summed E-state index contributed by atoms with van der Waals surface area (Å²) < 4.78 is 0. The van der Waals surface area contributed by atoms with Crippen LogP contribution in [0.4, 0.5) is 0 Å². The largest absolute Gasteiger partial charge is 0.404 e. The highest BCUT2D eigenvalue weighted by molar-refractivity contribution is 5.77. The summed E-state index contributed by atoms with van der Waals surface area (Å²) in [5, 5.41) is 0. The lowest BCUT2D eigenvalue weighted by molar-refractivity contribution is 1.19. The van der Waals surface area contributed by atoms with E-state index in [4.69, 9.17) is 11.5 Å². The van der Waals surface area contributed by atoms with Crippen molar-refractivity contribution in [1.82, 2.24) is 0 Å². The van der Waals surface area contributed by atoms with Gasteiger partial charge in [-0.15, -0.1) is 0 Å². The van der Waals surface area contributed by atoms with Gasteiger partial charge in [-0.05, 0) is 23.1 Å². The molecule has 0 aromatic heterocycles. The Morgan fingerprint density at radius 3 is 2.05 bits per heavy atom. The van der Waals surface area contributed by atoms with E-state index in [2.05, 4.69) is 43.0 Å². The zero-order chi connectivity index (χ0) is 13.7. The molecule has 0 radical (unpaired) electrons. The molecule has 2 aromatic carbocycles. The van der Waals surface area contributed by atoms with Crippen molar-refractivity contribution in [3.05, 3.63) is 89.8 Å². The number of rotatable bonds is 4. The van der Waals surface area contributed by atoms with E-state index in [1.165, 1.54) is 17.3 Å². The molecule has 2 heteroatoms. The third-order valence-electron chi connectivity index (χ3n) is 3.03. The molecule has 0 spiro atoms. The predicted octanol–water partition coefficient (Wildman–Crippen LogP) is 3.05. The van der Waals surface area contributed by atoms with E-state index in [1.54, 1.807) is 0 Å². The molecule has 2 nitrogen and oxygen atoms in total. The zero-order valence-electron chi connectivity index (χ0n) is 10.8. The third-order valence-corrected chi connectivity index (χ3v) is 3.03. The minimum atomic E-state index is 0.485. The van der Waals surface area contributed by atoms with Gasteiger partial charge in [0.1, 0.15) is 0 Å². The topological polar surface area (TPSA) is 52.0 Å². The van der Waals surface area contributed by atoms with Gasteiger partial charge in [-0.3, -0.25) is 0 Å². The third kappa shape index (κ3) is 3.26. The van der Waals surface area contributed by atoms with Gasteiger partial charge in [0.05, 0.1) is 0 Å². The Labute approximate surface area is 114 Å². The summed E-state index contributed by atoms with van der Waals surface area (Å²) in [5.74, 6) is 0. The molecule has 2 aromatic rings. The fourth-order valence-electron chi connectivity index (χ4n) is 2.02. The van der Waals surface area contributed by atoms with E-state index in [0.717, 1.165) is 17.6 Å². The monoisotopic (exact) mass is 250 g/mol. The summed E-state index contributed by atoms with van der Waals surface area (Å²) in [4.78, 5) is 0. The quantitative estimate of drug-likeness (QED) is 0.819. The molecule has 0 aliphatic rings. The van der Waals surface area contributed by atoms with Gasteiger partial charge < -0.3 is 11.5 Å². The van der Waals surface area contributed by atoms with Crippen molar-refractivity contribution in [2.75, 3.05) is 0 Å². The molecule has 0 fully saturated rings. The van der Waals surface area contributed by atoms with Crippen LogP contribution in [0.5, 0.6) is 0 Å². The number of benzene rings is 2. The number of nitrogens with two attached hydrogens (primary N) is 2. The van der Waals surface area contributed by atoms with Gasteiger partial charge in [-0.1, -0.05) is 61.2 Å². The van der Waals surface area contributed by atoms with Crippen molar-refractivity contribution in [3.63, 3.8) is 0 Å². The highest BCUT2D eigenvalue weighted by atomic mass is 14.6. The van der Waals surface area contributed by atoms with Gasteiger partial charge in [0.2, 0.25) is 0 Å². The lowest BCUT2D eigenvalue weighted by Crippen LogP contribution is -2.01. The first-order valence-electron chi connectivity index (χ1n) is 6.20. The SMILES string of the molecule is C=C(N)/C(=C/N)c1ccc(Cc2ccccc2)cc1. The van der Waals surface area contributed by atoms with Crippen LogP contribution in [-0.4, -0.2) is 0 Å². The molecule has 2 rings (SSSR count). The fraction of sp³-hybridized carbons (Fsp3) is 0.0588. The van der Waals surface area contributed by atoms with Crippen molar-refractivity contribution in [2.45, 2.75) is 6.42 Å². The molecular formula is C17H18N2. The van der Waals surface area contributed by atoms with E-state index in [1.807, 2.05) is 18.2 Å². The summed E-state index contributed by atoms with van der Waals surface area (Å²) in [5.41, 5.74) is 16.1. The van der Waals surface area contributed by atoms with Crippen LogP contribution in [0, 0.1) is 0 Å². The van der Waals surface area contributed by atoms with Crippen molar-refractivity contribution < 1.29 is 0 Å². The highest BCUT2D eigenvalue weighted by Gasteiger charge is 2.03.